The van der Waals surface area contributed by atoms with Crippen molar-refractivity contribution in [2.45, 2.75) is 19.4 Å². The van der Waals surface area contributed by atoms with E-state index in [1.54, 1.807) is 18.4 Å². The fourth-order valence-corrected chi connectivity index (χ4v) is 2.54. The largest absolute Gasteiger partial charge is 0.497 e. The Bertz CT molecular complexity index is 520. The van der Waals surface area contributed by atoms with Crippen LogP contribution in [0.1, 0.15) is 23.4 Å². The molecule has 19 heavy (non-hydrogen) atoms. The topological polar surface area (TPSA) is 38.3 Å². The Morgan fingerprint density at radius 3 is 2.63 bits per heavy atom. The van der Waals surface area contributed by atoms with Crippen molar-refractivity contribution in [3.8, 4) is 5.75 Å². The molecule has 0 saturated carbocycles. The number of thiophene rings is 1. The molecule has 3 nitrogen and oxygen atoms in total. The fourth-order valence-electron chi connectivity index (χ4n) is 1.84. The Labute approximate surface area is 117 Å². The summed E-state index contributed by atoms with van der Waals surface area (Å²) in [5.41, 5.74) is 1.07. The SMILES string of the molecule is COc1ccc([C@@H](C)NC(=O)Cc2cccs2)cc1. The molecule has 0 unspecified atom stereocenters. The maximum atomic E-state index is 11.9. The molecule has 1 amide bonds. The maximum absolute atomic E-state index is 11.9. The molecule has 0 bridgehead atoms. The second-order valence-corrected chi connectivity index (χ2v) is 5.35. The summed E-state index contributed by atoms with van der Waals surface area (Å²) in [4.78, 5) is 13.0. The molecule has 0 aliphatic heterocycles. The number of hydrogen-bond donors (Lipinski definition) is 1. The zero-order chi connectivity index (χ0) is 13.7. The Hall–Kier alpha value is -1.81. The van der Waals surface area contributed by atoms with Gasteiger partial charge in [0.15, 0.2) is 0 Å². The van der Waals surface area contributed by atoms with Crippen LogP contribution in [0.4, 0.5) is 0 Å². The maximum Gasteiger partial charge on any atom is 0.225 e. The van der Waals surface area contributed by atoms with E-state index >= 15 is 0 Å². The van der Waals surface area contributed by atoms with Gasteiger partial charge in [0.05, 0.1) is 19.6 Å². The fraction of sp³-hybridized carbons (Fsp3) is 0.267. The van der Waals surface area contributed by atoms with Gasteiger partial charge in [0.25, 0.3) is 0 Å². The summed E-state index contributed by atoms with van der Waals surface area (Å²) >= 11 is 1.60. The third kappa shape index (κ3) is 3.83. The standard InChI is InChI=1S/C15H17NO2S/c1-11(12-5-7-13(18-2)8-6-12)16-15(17)10-14-4-3-9-19-14/h3-9,11H,10H2,1-2H3,(H,16,17)/t11-/m1/s1. The smallest absolute Gasteiger partial charge is 0.225 e. The van der Waals surface area contributed by atoms with Crippen LogP contribution in [0.15, 0.2) is 41.8 Å². The van der Waals surface area contributed by atoms with Crippen LogP contribution in [-0.4, -0.2) is 13.0 Å². The quantitative estimate of drug-likeness (QED) is 0.910. The van der Waals surface area contributed by atoms with Gasteiger partial charge in [-0.1, -0.05) is 18.2 Å². The summed E-state index contributed by atoms with van der Waals surface area (Å²) in [7, 11) is 1.64. The first kappa shape index (κ1) is 13.6. The third-order valence-corrected chi connectivity index (χ3v) is 3.78. The van der Waals surface area contributed by atoms with Crippen molar-refractivity contribution in [3.63, 3.8) is 0 Å². The molecule has 0 saturated heterocycles. The minimum atomic E-state index is -0.00151. The molecule has 1 atom stereocenters. The zero-order valence-electron chi connectivity index (χ0n) is 11.1. The van der Waals surface area contributed by atoms with Crippen molar-refractivity contribution in [3.05, 3.63) is 52.2 Å². The summed E-state index contributed by atoms with van der Waals surface area (Å²) in [6.45, 7) is 1.98. The first-order valence-electron chi connectivity index (χ1n) is 6.14. The monoisotopic (exact) mass is 275 g/mol. The highest BCUT2D eigenvalue weighted by molar-refractivity contribution is 7.10. The highest BCUT2D eigenvalue weighted by Crippen LogP contribution is 2.17. The Balaban J connectivity index is 1.92. The number of nitrogens with one attached hydrogen (secondary N) is 1. The molecular weight excluding hydrogens is 258 g/mol. The van der Waals surface area contributed by atoms with Crippen molar-refractivity contribution < 1.29 is 9.53 Å². The van der Waals surface area contributed by atoms with E-state index in [1.807, 2.05) is 48.7 Å². The van der Waals surface area contributed by atoms with Gasteiger partial charge < -0.3 is 10.1 Å². The molecule has 1 aromatic heterocycles. The van der Waals surface area contributed by atoms with Crippen LogP contribution in [-0.2, 0) is 11.2 Å². The average molecular weight is 275 g/mol. The third-order valence-electron chi connectivity index (χ3n) is 2.91. The number of amides is 1. The van der Waals surface area contributed by atoms with Crippen molar-refractivity contribution in [1.82, 2.24) is 5.32 Å². The van der Waals surface area contributed by atoms with Gasteiger partial charge in [-0.25, -0.2) is 0 Å². The summed E-state index contributed by atoms with van der Waals surface area (Å²) < 4.78 is 5.11. The first-order valence-corrected chi connectivity index (χ1v) is 7.02. The van der Waals surface area contributed by atoms with E-state index in [1.165, 1.54) is 0 Å². The molecule has 2 rings (SSSR count). The predicted molar refractivity (Wildman–Crippen MR) is 77.6 cm³/mol. The van der Waals surface area contributed by atoms with Crippen LogP contribution in [0.25, 0.3) is 0 Å². The molecule has 2 aromatic rings. The van der Waals surface area contributed by atoms with Crippen molar-refractivity contribution in [1.29, 1.82) is 0 Å². The molecule has 0 spiro atoms. The molecule has 0 aliphatic rings. The number of hydrogen-bond acceptors (Lipinski definition) is 3. The highest BCUT2D eigenvalue weighted by Gasteiger charge is 2.10. The van der Waals surface area contributed by atoms with Crippen LogP contribution in [0.3, 0.4) is 0 Å². The molecule has 0 fully saturated rings. The summed E-state index contributed by atoms with van der Waals surface area (Å²) in [6, 6.07) is 11.7. The number of carbonyl (C=O) groups is 1. The van der Waals surface area contributed by atoms with E-state index < -0.39 is 0 Å². The van der Waals surface area contributed by atoms with E-state index in [0.29, 0.717) is 6.42 Å². The van der Waals surface area contributed by atoms with Gasteiger partial charge >= 0.3 is 0 Å². The first-order chi connectivity index (χ1) is 9.19. The average Bonchev–Trinajstić information content (AvgIpc) is 2.91. The van der Waals surface area contributed by atoms with Crippen LogP contribution in [0, 0.1) is 0 Å². The number of methoxy groups -OCH3 is 1. The van der Waals surface area contributed by atoms with Crippen LogP contribution < -0.4 is 10.1 Å². The van der Waals surface area contributed by atoms with Crippen LogP contribution in [0.2, 0.25) is 0 Å². The number of rotatable bonds is 5. The Kier molecular flexibility index (Phi) is 4.58. The lowest BCUT2D eigenvalue weighted by Crippen LogP contribution is -2.27. The molecule has 100 valence electrons. The van der Waals surface area contributed by atoms with Crippen LogP contribution in [0.5, 0.6) is 5.75 Å². The van der Waals surface area contributed by atoms with Gasteiger partial charge in [-0.2, -0.15) is 0 Å². The summed E-state index contributed by atoms with van der Waals surface area (Å²) in [6.07, 6.45) is 0.443. The van der Waals surface area contributed by atoms with Gasteiger partial charge in [0, 0.05) is 4.88 Å². The molecule has 4 heteroatoms. The van der Waals surface area contributed by atoms with E-state index in [4.69, 9.17) is 4.74 Å². The van der Waals surface area contributed by atoms with Gasteiger partial charge in [0.2, 0.25) is 5.91 Å². The van der Waals surface area contributed by atoms with Crippen molar-refractivity contribution in [2.24, 2.45) is 0 Å². The van der Waals surface area contributed by atoms with E-state index in [2.05, 4.69) is 5.32 Å². The van der Waals surface area contributed by atoms with E-state index in [0.717, 1.165) is 16.2 Å². The van der Waals surface area contributed by atoms with Crippen molar-refractivity contribution in [2.75, 3.05) is 7.11 Å². The zero-order valence-corrected chi connectivity index (χ0v) is 11.9. The molecule has 1 aromatic carbocycles. The van der Waals surface area contributed by atoms with Gasteiger partial charge in [-0.05, 0) is 36.1 Å². The lowest BCUT2D eigenvalue weighted by molar-refractivity contribution is -0.121. The lowest BCUT2D eigenvalue weighted by atomic mass is 10.1. The second-order valence-electron chi connectivity index (χ2n) is 4.32. The minimum absolute atomic E-state index is 0.00151. The summed E-state index contributed by atoms with van der Waals surface area (Å²) in [5, 5.41) is 4.98. The van der Waals surface area contributed by atoms with Crippen LogP contribution >= 0.6 is 11.3 Å². The summed E-state index contributed by atoms with van der Waals surface area (Å²) in [5.74, 6) is 0.867. The number of benzene rings is 1. The minimum Gasteiger partial charge on any atom is -0.497 e. The lowest BCUT2D eigenvalue weighted by Gasteiger charge is -2.14. The molecule has 1 N–H and O–H groups in total. The Morgan fingerprint density at radius 2 is 2.05 bits per heavy atom. The predicted octanol–water partition coefficient (Wildman–Crippen LogP) is 3.18. The van der Waals surface area contributed by atoms with Gasteiger partial charge in [-0.15, -0.1) is 11.3 Å². The number of ether oxygens (including phenoxy) is 1. The normalized spacial score (nSPS) is 11.9. The van der Waals surface area contributed by atoms with Gasteiger partial charge in [-0.3, -0.25) is 4.79 Å². The Morgan fingerprint density at radius 1 is 1.32 bits per heavy atom. The highest BCUT2D eigenvalue weighted by atomic mass is 32.1. The van der Waals surface area contributed by atoms with E-state index in [9.17, 15) is 4.79 Å². The molecule has 0 radical (unpaired) electrons. The second kappa shape index (κ2) is 6.38. The van der Waals surface area contributed by atoms with Crippen molar-refractivity contribution >= 4 is 17.2 Å². The number of carbonyl (C=O) groups excluding carboxylic acids is 1. The van der Waals surface area contributed by atoms with Gasteiger partial charge in [0.1, 0.15) is 5.75 Å². The molecular formula is C15H17NO2S. The molecule has 0 aliphatic carbocycles. The molecule has 1 heterocycles. The van der Waals surface area contributed by atoms with E-state index in [-0.39, 0.29) is 11.9 Å².